The van der Waals surface area contributed by atoms with E-state index in [1.165, 1.54) is 32.1 Å². The van der Waals surface area contributed by atoms with Crippen LogP contribution in [0.15, 0.2) is 53.9 Å². The molecule has 0 aliphatic heterocycles. The van der Waals surface area contributed by atoms with E-state index in [0.717, 1.165) is 22.8 Å². The fraction of sp³-hybridized carbons (Fsp3) is 0.381. The Balaban J connectivity index is 1.40. The number of carbonyl (C=O) groups excluding carboxylic acids is 1. The van der Waals surface area contributed by atoms with Gasteiger partial charge in [-0.1, -0.05) is 25.3 Å². The highest BCUT2D eigenvalue weighted by molar-refractivity contribution is 7.98. The van der Waals surface area contributed by atoms with E-state index >= 15 is 0 Å². The topological polar surface area (TPSA) is 59.3 Å². The fourth-order valence-electron chi connectivity index (χ4n) is 3.61. The molecule has 5 nitrogen and oxygen atoms in total. The maximum absolute atomic E-state index is 12.7. The van der Waals surface area contributed by atoms with Gasteiger partial charge in [-0.2, -0.15) is 0 Å². The van der Waals surface area contributed by atoms with Crippen molar-refractivity contribution in [3.63, 3.8) is 0 Å². The molecule has 0 unspecified atom stereocenters. The molecule has 0 aromatic carbocycles. The van der Waals surface area contributed by atoms with Crippen LogP contribution in [0.2, 0.25) is 0 Å². The number of nitrogens with one attached hydrogen (secondary N) is 1. The Morgan fingerprint density at radius 2 is 2.11 bits per heavy atom. The molecule has 0 spiro atoms. The molecule has 4 rings (SSSR count). The molecule has 140 valence electrons. The Bertz CT molecular complexity index is 884. The summed E-state index contributed by atoms with van der Waals surface area (Å²) < 4.78 is 2.01. The van der Waals surface area contributed by atoms with Crippen molar-refractivity contribution >= 4 is 23.3 Å². The number of hydrogen-bond acceptors (Lipinski definition) is 4. The number of carbonyl (C=O) groups is 1. The van der Waals surface area contributed by atoms with Crippen LogP contribution in [0.4, 0.5) is 0 Å². The van der Waals surface area contributed by atoms with E-state index in [1.54, 1.807) is 24.2 Å². The quantitative estimate of drug-likeness (QED) is 0.647. The first-order valence-corrected chi connectivity index (χ1v) is 10.6. The van der Waals surface area contributed by atoms with E-state index in [0.29, 0.717) is 17.2 Å². The first kappa shape index (κ1) is 18.0. The maximum Gasteiger partial charge on any atom is 0.253 e. The van der Waals surface area contributed by atoms with Gasteiger partial charge in [0, 0.05) is 42.0 Å². The minimum absolute atomic E-state index is 0.0221. The van der Waals surface area contributed by atoms with Crippen molar-refractivity contribution < 1.29 is 4.79 Å². The fourth-order valence-corrected chi connectivity index (χ4v) is 4.51. The molecular weight excluding hydrogens is 356 g/mol. The number of hydrogen-bond donors (Lipinski definition) is 1. The molecular formula is C21H24N4OS. The second-order valence-electron chi connectivity index (χ2n) is 7.07. The third-order valence-electron chi connectivity index (χ3n) is 5.09. The van der Waals surface area contributed by atoms with Crippen LogP contribution in [0.3, 0.4) is 0 Å². The lowest BCUT2D eigenvalue weighted by atomic mass is 9.89. The Kier molecular flexibility index (Phi) is 5.72. The Hall–Kier alpha value is -2.34. The van der Waals surface area contributed by atoms with Crippen LogP contribution in [-0.4, -0.2) is 26.8 Å². The number of pyridine rings is 2. The molecule has 27 heavy (non-hydrogen) atoms. The number of rotatable bonds is 6. The van der Waals surface area contributed by atoms with E-state index in [4.69, 9.17) is 0 Å². The van der Waals surface area contributed by atoms with Gasteiger partial charge in [-0.15, -0.1) is 11.8 Å². The summed E-state index contributed by atoms with van der Waals surface area (Å²) in [5.41, 5.74) is 2.59. The number of thioether (sulfide) groups is 1. The molecule has 3 aromatic rings. The molecule has 1 amide bonds. The van der Waals surface area contributed by atoms with Crippen LogP contribution in [-0.2, 0) is 5.75 Å². The molecule has 3 aromatic heterocycles. The van der Waals surface area contributed by atoms with Crippen LogP contribution in [0.5, 0.6) is 0 Å². The number of aromatic nitrogens is 3. The summed E-state index contributed by atoms with van der Waals surface area (Å²) in [6.45, 7) is 0.768. The first-order chi connectivity index (χ1) is 13.3. The lowest BCUT2D eigenvalue weighted by molar-refractivity contribution is 0.0940. The predicted molar refractivity (Wildman–Crippen MR) is 108 cm³/mol. The van der Waals surface area contributed by atoms with Crippen molar-refractivity contribution in [2.75, 3.05) is 6.54 Å². The monoisotopic (exact) mass is 380 g/mol. The first-order valence-electron chi connectivity index (χ1n) is 9.57. The van der Waals surface area contributed by atoms with E-state index in [2.05, 4.69) is 15.3 Å². The summed E-state index contributed by atoms with van der Waals surface area (Å²) in [7, 11) is 0. The van der Waals surface area contributed by atoms with Gasteiger partial charge in [0.25, 0.3) is 5.91 Å². The summed E-state index contributed by atoms with van der Waals surface area (Å²) in [4.78, 5) is 22.4. The lowest BCUT2D eigenvalue weighted by Gasteiger charge is -2.21. The smallest absolute Gasteiger partial charge is 0.253 e. The molecule has 0 atom stereocenters. The minimum Gasteiger partial charge on any atom is -0.352 e. The van der Waals surface area contributed by atoms with Crippen molar-refractivity contribution in [3.05, 3.63) is 60.3 Å². The number of nitrogens with zero attached hydrogens (tertiary/aromatic N) is 3. The van der Waals surface area contributed by atoms with Gasteiger partial charge >= 0.3 is 0 Å². The van der Waals surface area contributed by atoms with Gasteiger partial charge in [0.2, 0.25) is 0 Å². The largest absolute Gasteiger partial charge is 0.352 e. The van der Waals surface area contributed by atoms with Crippen LogP contribution >= 0.6 is 11.8 Å². The average molecular weight is 381 g/mol. The zero-order valence-corrected chi connectivity index (χ0v) is 16.1. The Morgan fingerprint density at radius 3 is 2.96 bits per heavy atom. The molecule has 3 heterocycles. The van der Waals surface area contributed by atoms with Gasteiger partial charge in [-0.05, 0) is 37.0 Å². The molecule has 6 heteroatoms. The van der Waals surface area contributed by atoms with Crippen molar-refractivity contribution in [2.24, 2.45) is 5.92 Å². The summed E-state index contributed by atoms with van der Waals surface area (Å²) >= 11 is 1.63. The average Bonchev–Trinajstić information content (AvgIpc) is 3.14. The van der Waals surface area contributed by atoms with Gasteiger partial charge in [0.15, 0.2) is 0 Å². The van der Waals surface area contributed by atoms with E-state index in [9.17, 15) is 4.79 Å². The van der Waals surface area contributed by atoms with Crippen molar-refractivity contribution in [1.29, 1.82) is 0 Å². The molecule has 1 saturated carbocycles. The van der Waals surface area contributed by atoms with Crippen molar-refractivity contribution in [2.45, 2.75) is 42.8 Å². The summed E-state index contributed by atoms with van der Waals surface area (Å²) in [5.74, 6) is 1.31. The van der Waals surface area contributed by atoms with Crippen LogP contribution in [0.1, 0.15) is 48.2 Å². The normalized spacial score (nSPS) is 15.1. The molecule has 0 radical (unpaired) electrons. The molecule has 1 aliphatic carbocycles. The zero-order valence-electron chi connectivity index (χ0n) is 15.3. The summed E-state index contributed by atoms with van der Waals surface area (Å²) in [6.07, 6.45) is 13.8. The molecule has 0 saturated heterocycles. The zero-order chi connectivity index (χ0) is 18.5. The van der Waals surface area contributed by atoms with E-state index in [-0.39, 0.29) is 5.91 Å². The molecule has 1 fully saturated rings. The van der Waals surface area contributed by atoms with Crippen LogP contribution in [0, 0.1) is 5.92 Å². The van der Waals surface area contributed by atoms with Crippen LogP contribution < -0.4 is 5.32 Å². The standard InChI is InChI=1S/C21H24N4OS/c26-21(23-12-16-6-2-1-3-7-16)18-13-22-10-9-19(18)27-15-17-14-25-11-5-4-8-20(25)24-17/h4-5,8-11,13-14,16H,1-3,6-7,12,15H2,(H,23,26). The predicted octanol–water partition coefficient (Wildman–Crippen LogP) is 4.33. The summed E-state index contributed by atoms with van der Waals surface area (Å²) in [5, 5.41) is 3.12. The van der Waals surface area contributed by atoms with Gasteiger partial charge < -0.3 is 9.72 Å². The maximum atomic E-state index is 12.7. The highest BCUT2D eigenvalue weighted by Crippen LogP contribution is 2.26. The van der Waals surface area contributed by atoms with Gasteiger partial charge in [0.1, 0.15) is 5.65 Å². The van der Waals surface area contributed by atoms with Gasteiger partial charge in [-0.25, -0.2) is 4.98 Å². The third-order valence-corrected chi connectivity index (χ3v) is 6.20. The van der Waals surface area contributed by atoms with Crippen molar-refractivity contribution in [3.8, 4) is 0 Å². The number of amides is 1. The number of imidazole rings is 1. The van der Waals surface area contributed by atoms with Crippen molar-refractivity contribution in [1.82, 2.24) is 19.7 Å². The highest BCUT2D eigenvalue weighted by Gasteiger charge is 2.17. The lowest BCUT2D eigenvalue weighted by Crippen LogP contribution is -2.30. The summed E-state index contributed by atoms with van der Waals surface area (Å²) in [6, 6.07) is 7.88. The Labute approximate surface area is 163 Å². The van der Waals surface area contributed by atoms with Crippen LogP contribution in [0.25, 0.3) is 5.65 Å². The Morgan fingerprint density at radius 1 is 1.22 bits per heavy atom. The second-order valence-corrected chi connectivity index (χ2v) is 8.09. The number of fused-ring (bicyclic) bond motifs is 1. The van der Waals surface area contributed by atoms with Gasteiger partial charge in [0.05, 0.1) is 11.3 Å². The molecule has 1 aliphatic rings. The highest BCUT2D eigenvalue weighted by atomic mass is 32.2. The SMILES string of the molecule is O=C(NCC1CCCCC1)c1cnccc1SCc1cn2ccccc2n1. The van der Waals surface area contributed by atoms with E-state index < -0.39 is 0 Å². The third kappa shape index (κ3) is 4.50. The van der Waals surface area contributed by atoms with Gasteiger partial charge in [-0.3, -0.25) is 9.78 Å². The second kappa shape index (κ2) is 8.57. The molecule has 1 N–H and O–H groups in total. The van der Waals surface area contributed by atoms with E-state index in [1.807, 2.05) is 41.1 Å². The molecule has 0 bridgehead atoms. The minimum atomic E-state index is -0.0221.